The molecule has 7 nitrogen and oxygen atoms in total. The molecular weight excluding hydrogens is 356 g/mol. The molecule has 0 atom stereocenters. The second-order valence-electron chi connectivity index (χ2n) is 6.69. The van der Waals surface area contributed by atoms with E-state index in [1.807, 2.05) is 30.3 Å². The number of hydrogen-bond donors (Lipinski definition) is 0. The number of rotatable bonds is 8. The zero-order valence-corrected chi connectivity index (χ0v) is 15.9. The lowest BCUT2D eigenvalue weighted by molar-refractivity contribution is -0.142. The third kappa shape index (κ3) is 5.09. The van der Waals surface area contributed by atoms with Gasteiger partial charge >= 0.3 is 5.97 Å². The minimum atomic E-state index is -0.482. The van der Waals surface area contributed by atoms with Gasteiger partial charge in [0.05, 0.1) is 13.0 Å². The summed E-state index contributed by atoms with van der Waals surface area (Å²) in [7, 11) is 0. The summed E-state index contributed by atoms with van der Waals surface area (Å²) in [5, 5.41) is 12.3. The molecule has 0 N–H and O–H groups in total. The van der Waals surface area contributed by atoms with Crippen LogP contribution in [0.5, 0.6) is 0 Å². The van der Waals surface area contributed by atoms with Crippen molar-refractivity contribution in [2.24, 2.45) is 0 Å². The number of tetrazole rings is 1. The Labute approximate surface area is 163 Å². The molecule has 0 aliphatic rings. The molecular formula is C21H22N4O3. The van der Waals surface area contributed by atoms with Crippen molar-refractivity contribution < 1.29 is 14.3 Å². The first-order valence-corrected chi connectivity index (χ1v) is 9.15. The highest BCUT2D eigenvalue weighted by atomic mass is 16.5. The van der Waals surface area contributed by atoms with Gasteiger partial charge in [0.2, 0.25) is 5.82 Å². The average Bonchev–Trinajstić information content (AvgIpc) is 3.20. The van der Waals surface area contributed by atoms with E-state index in [1.54, 1.807) is 24.3 Å². The summed E-state index contributed by atoms with van der Waals surface area (Å²) in [4.78, 5) is 25.2. The van der Waals surface area contributed by atoms with Gasteiger partial charge in [0.15, 0.2) is 12.4 Å². The molecule has 1 aromatic heterocycles. The molecule has 0 amide bonds. The largest absolute Gasteiger partial charge is 0.457 e. The number of ketones is 1. The number of Topliss-reactive ketones (excluding diaryl/α,β-unsaturated/α-hetero) is 1. The Balaban J connectivity index is 1.48. The average molecular weight is 378 g/mol. The molecule has 1 heterocycles. The van der Waals surface area contributed by atoms with E-state index in [1.165, 1.54) is 10.4 Å². The van der Waals surface area contributed by atoms with Gasteiger partial charge in [-0.15, -0.1) is 10.2 Å². The topological polar surface area (TPSA) is 87.0 Å². The third-order valence-electron chi connectivity index (χ3n) is 4.26. The fourth-order valence-electron chi connectivity index (χ4n) is 2.59. The van der Waals surface area contributed by atoms with Crippen molar-refractivity contribution in [3.05, 3.63) is 65.7 Å². The highest BCUT2D eigenvalue weighted by molar-refractivity contribution is 5.97. The van der Waals surface area contributed by atoms with Gasteiger partial charge in [0.1, 0.15) is 0 Å². The summed E-state index contributed by atoms with van der Waals surface area (Å²) in [6, 6.07) is 16.7. The minimum Gasteiger partial charge on any atom is -0.457 e. The van der Waals surface area contributed by atoms with Crippen LogP contribution in [-0.2, 0) is 16.1 Å². The number of aryl methyl sites for hydroxylation is 1. The Hall–Kier alpha value is -3.35. The van der Waals surface area contributed by atoms with E-state index >= 15 is 0 Å². The van der Waals surface area contributed by atoms with Crippen molar-refractivity contribution in [1.82, 2.24) is 20.2 Å². The van der Waals surface area contributed by atoms with Gasteiger partial charge in [-0.2, -0.15) is 4.80 Å². The second-order valence-corrected chi connectivity index (χ2v) is 6.69. The van der Waals surface area contributed by atoms with Crippen LogP contribution < -0.4 is 0 Å². The quantitative estimate of drug-likeness (QED) is 0.442. The number of esters is 1. The van der Waals surface area contributed by atoms with Crippen LogP contribution in [0.15, 0.2) is 54.6 Å². The maximum absolute atomic E-state index is 11.9. The molecule has 0 saturated heterocycles. The molecule has 0 aliphatic heterocycles. The van der Waals surface area contributed by atoms with Crippen molar-refractivity contribution in [3.8, 4) is 11.4 Å². The van der Waals surface area contributed by atoms with Crippen LogP contribution in [0.25, 0.3) is 11.4 Å². The maximum Gasteiger partial charge on any atom is 0.308 e. The second kappa shape index (κ2) is 9.03. The lowest BCUT2D eigenvalue weighted by Crippen LogP contribution is -2.16. The van der Waals surface area contributed by atoms with Crippen molar-refractivity contribution in [3.63, 3.8) is 0 Å². The van der Waals surface area contributed by atoms with Crippen LogP contribution >= 0.6 is 0 Å². The fourth-order valence-corrected chi connectivity index (χ4v) is 2.59. The SMILES string of the molecule is CC(C)c1ccc(-c2nnn(CCC(=O)OCC(=O)c3ccccc3)n2)cc1. The molecule has 3 aromatic rings. The van der Waals surface area contributed by atoms with Crippen LogP contribution in [0, 0.1) is 0 Å². The number of ether oxygens (including phenoxy) is 1. The van der Waals surface area contributed by atoms with Crippen molar-refractivity contribution >= 4 is 11.8 Å². The number of hydrogen-bond acceptors (Lipinski definition) is 6. The molecule has 0 unspecified atom stereocenters. The van der Waals surface area contributed by atoms with Crippen LogP contribution in [0.4, 0.5) is 0 Å². The first-order chi connectivity index (χ1) is 13.5. The minimum absolute atomic E-state index is 0.0597. The normalized spacial score (nSPS) is 10.8. The highest BCUT2D eigenvalue weighted by Gasteiger charge is 2.12. The van der Waals surface area contributed by atoms with Crippen LogP contribution in [-0.4, -0.2) is 38.6 Å². The molecule has 0 aliphatic carbocycles. The fraction of sp³-hybridized carbons (Fsp3) is 0.286. The van der Waals surface area contributed by atoms with E-state index in [4.69, 9.17) is 4.74 Å². The van der Waals surface area contributed by atoms with Gasteiger partial charge in [-0.1, -0.05) is 68.4 Å². The van der Waals surface area contributed by atoms with Crippen LogP contribution in [0.2, 0.25) is 0 Å². The van der Waals surface area contributed by atoms with Gasteiger partial charge in [0.25, 0.3) is 0 Å². The standard InChI is InChI=1S/C21H22N4O3/c1-15(2)16-8-10-18(11-9-16)21-22-24-25(23-21)13-12-20(27)28-14-19(26)17-6-4-3-5-7-17/h3-11,15H,12-14H2,1-2H3. The predicted molar refractivity (Wildman–Crippen MR) is 104 cm³/mol. The molecule has 7 heteroatoms. The molecule has 0 fully saturated rings. The Morgan fingerprint density at radius 1 is 1.04 bits per heavy atom. The summed E-state index contributed by atoms with van der Waals surface area (Å²) in [5.74, 6) is 0.241. The van der Waals surface area contributed by atoms with E-state index in [0.717, 1.165) is 5.56 Å². The Morgan fingerprint density at radius 3 is 2.43 bits per heavy atom. The molecule has 3 rings (SSSR count). The number of carbonyl (C=O) groups excluding carboxylic acids is 2. The Bertz CT molecular complexity index is 934. The van der Waals surface area contributed by atoms with Gasteiger partial charge < -0.3 is 4.74 Å². The third-order valence-corrected chi connectivity index (χ3v) is 4.26. The van der Waals surface area contributed by atoms with Gasteiger partial charge in [0, 0.05) is 11.1 Å². The van der Waals surface area contributed by atoms with Gasteiger partial charge in [-0.3, -0.25) is 9.59 Å². The summed E-state index contributed by atoms with van der Waals surface area (Å²) < 4.78 is 5.03. The number of benzene rings is 2. The van der Waals surface area contributed by atoms with E-state index in [0.29, 0.717) is 17.3 Å². The lowest BCUT2D eigenvalue weighted by atomic mass is 10.0. The molecule has 0 spiro atoms. The predicted octanol–water partition coefficient (Wildman–Crippen LogP) is 3.28. The maximum atomic E-state index is 11.9. The Morgan fingerprint density at radius 2 is 1.75 bits per heavy atom. The molecule has 2 aromatic carbocycles. The monoisotopic (exact) mass is 378 g/mol. The van der Waals surface area contributed by atoms with E-state index in [9.17, 15) is 9.59 Å². The van der Waals surface area contributed by atoms with Crippen molar-refractivity contribution in [2.45, 2.75) is 32.7 Å². The molecule has 0 bridgehead atoms. The van der Waals surface area contributed by atoms with Crippen LogP contribution in [0.3, 0.4) is 0 Å². The zero-order chi connectivity index (χ0) is 19.9. The summed E-state index contributed by atoms with van der Waals surface area (Å²) >= 11 is 0. The molecule has 144 valence electrons. The number of carbonyl (C=O) groups is 2. The van der Waals surface area contributed by atoms with E-state index in [2.05, 4.69) is 29.3 Å². The first kappa shape index (κ1) is 19.4. The van der Waals surface area contributed by atoms with E-state index < -0.39 is 5.97 Å². The molecule has 0 saturated carbocycles. The first-order valence-electron chi connectivity index (χ1n) is 9.15. The summed E-state index contributed by atoms with van der Waals surface area (Å²) in [6.07, 6.45) is 0.0597. The molecule has 0 radical (unpaired) electrons. The number of nitrogens with zero attached hydrogens (tertiary/aromatic N) is 4. The van der Waals surface area contributed by atoms with Gasteiger partial charge in [-0.25, -0.2) is 0 Å². The zero-order valence-electron chi connectivity index (χ0n) is 15.9. The Kier molecular flexibility index (Phi) is 6.26. The summed E-state index contributed by atoms with van der Waals surface area (Å²) in [6.45, 7) is 4.22. The molecule has 28 heavy (non-hydrogen) atoms. The summed E-state index contributed by atoms with van der Waals surface area (Å²) in [5.41, 5.74) is 2.62. The van der Waals surface area contributed by atoms with E-state index in [-0.39, 0.29) is 25.4 Å². The van der Waals surface area contributed by atoms with Gasteiger partial charge in [-0.05, 0) is 16.7 Å². The smallest absolute Gasteiger partial charge is 0.308 e. The number of aromatic nitrogens is 4. The van der Waals surface area contributed by atoms with Crippen molar-refractivity contribution in [2.75, 3.05) is 6.61 Å². The lowest BCUT2D eigenvalue weighted by Gasteiger charge is -2.05. The highest BCUT2D eigenvalue weighted by Crippen LogP contribution is 2.19. The van der Waals surface area contributed by atoms with Crippen molar-refractivity contribution in [1.29, 1.82) is 0 Å². The van der Waals surface area contributed by atoms with Crippen LogP contribution in [0.1, 0.15) is 42.1 Å².